The van der Waals surface area contributed by atoms with Crippen LogP contribution >= 0.6 is 27.5 Å². The van der Waals surface area contributed by atoms with Crippen molar-refractivity contribution in [3.8, 4) is 0 Å². The van der Waals surface area contributed by atoms with Crippen molar-refractivity contribution in [1.29, 1.82) is 0 Å². The van der Waals surface area contributed by atoms with E-state index in [9.17, 15) is 4.39 Å². The van der Waals surface area contributed by atoms with Crippen molar-refractivity contribution in [2.45, 2.75) is 6.42 Å². The highest BCUT2D eigenvalue weighted by molar-refractivity contribution is 9.10. The summed E-state index contributed by atoms with van der Waals surface area (Å²) in [6.45, 7) is 0.567. The molecular formula is C9H10BrClFNO. The second-order valence-corrected chi connectivity index (χ2v) is 4.07. The van der Waals surface area contributed by atoms with Gasteiger partial charge in [0.25, 0.3) is 0 Å². The van der Waals surface area contributed by atoms with Crippen LogP contribution in [-0.4, -0.2) is 18.3 Å². The first-order valence-electron chi connectivity index (χ1n) is 4.14. The van der Waals surface area contributed by atoms with Gasteiger partial charge in [-0.25, -0.2) is 4.39 Å². The molecule has 0 heterocycles. The Bertz CT molecular complexity index is 299. The molecule has 0 aromatic heterocycles. The zero-order valence-corrected chi connectivity index (χ0v) is 9.70. The van der Waals surface area contributed by atoms with Gasteiger partial charge in [0, 0.05) is 17.6 Å². The summed E-state index contributed by atoms with van der Waals surface area (Å²) < 4.78 is 13.9. The number of hydrogen-bond acceptors (Lipinski definition) is 2. The van der Waals surface area contributed by atoms with Crippen LogP contribution in [0.15, 0.2) is 16.6 Å². The molecule has 0 amide bonds. The van der Waals surface area contributed by atoms with Crippen molar-refractivity contribution in [2.24, 2.45) is 0 Å². The highest BCUT2D eigenvalue weighted by Gasteiger charge is 2.07. The van der Waals surface area contributed by atoms with Crippen LogP contribution in [-0.2, 0) is 0 Å². The maximum absolute atomic E-state index is 13.3. The third-order valence-electron chi connectivity index (χ3n) is 1.64. The molecule has 1 rings (SSSR count). The van der Waals surface area contributed by atoms with Gasteiger partial charge in [-0.15, -0.1) is 0 Å². The lowest BCUT2D eigenvalue weighted by Crippen LogP contribution is -2.05. The molecular weight excluding hydrogens is 272 g/mol. The quantitative estimate of drug-likeness (QED) is 0.832. The van der Waals surface area contributed by atoms with Crippen LogP contribution in [0.25, 0.3) is 0 Å². The number of aliphatic hydroxyl groups excluding tert-OH is 1. The third-order valence-corrected chi connectivity index (χ3v) is 2.40. The van der Waals surface area contributed by atoms with Gasteiger partial charge in [-0.05, 0) is 18.6 Å². The third kappa shape index (κ3) is 3.12. The lowest BCUT2D eigenvalue weighted by Gasteiger charge is -2.09. The van der Waals surface area contributed by atoms with Crippen molar-refractivity contribution in [3.05, 3.63) is 27.4 Å². The van der Waals surface area contributed by atoms with Gasteiger partial charge >= 0.3 is 0 Å². The Kier molecular flexibility index (Phi) is 4.65. The van der Waals surface area contributed by atoms with E-state index in [0.29, 0.717) is 22.5 Å². The van der Waals surface area contributed by atoms with Crippen molar-refractivity contribution in [2.75, 3.05) is 18.5 Å². The number of halogens is 3. The van der Waals surface area contributed by atoms with E-state index >= 15 is 0 Å². The zero-order valence-electron chi connectivity index (χ0n) is 7.36. The molecule has 2 N–H and O–H groups in total. The Morgan fingerprint density at radius 3 is 2.79 bits per heavy atom. The lowest BCUT2D eigenvalue weighted by molar-refractivity contribution is 0.292. The summed E-state index contributed by atoms with van der Waals surface area (Å²) >= 11 is 8.96. The molecule has 0 aliphatic carbocycles. The number of aliphatic hydroxyl groups is 1. The second-order valence-electron chi connectivity index (χ2n) is 2.75. The monoisotopic (exact) mass is 281 g/mol. The maximum Gasteiger partial charge on any atom is 0.148 e. The molecule has 5 heteroatoms. The predicted octanol–water partition coefficient (Wildman–Crippen LogP) is 3.04. The number of hydrogen-bond donors (Lipinski definition) is 2. The number of anilines is 1. The fourth-order valence-electron chi connectivity index (χ4n) is 1.00. The standard InChI is InChI=1S/C9H10BrClFNO/c10-6-4-7(11)9(8(12)5-6)13-2-1-3-14/h4-5,13-14H,1-3H2. The van der Waals surface area contributed by atoms with E-state index in [4.69, 9.17) is 16.7 Å². The highest BCUT2D eigenvalue weighted by Crippen LogP contribution is 2.28. The molecule has 78 valence electrons. The van der Waals surface area contributed by atoms with Gasteiger partial charge in [-0.2, -0.15) is 0 Å². The summed E-state index contributed by atoms with van der Waals surface area (Å²) in [7, 11) is 0. The molecule has 0 fully saturated rings. The smallest absolute Gasteiger partial charge is 0.148 e. The van der Waals surface area contributed by atoms with Crippen LogP contribution in [0.4, 0.5) is 10.1 Å². The highest BCUT2D eigenvalue weighted by atomic mass is 79.9. The molecule has 14 heavy (non-hydrogen) atoms. The Balaban J connectivity index is 2.75. The number of benzene rings is 1. The van der Waals surface area contributed by atoms with Crippen LogP contribution in [0.2, 0.25) is 5.02 Å². The zero-order chi connectivity index (χ0) is 10.6. The molecule has 0 saturated heterocycles. The Morgan fingerprint density at radius 2 is 2.21 bits per heavy atom. The van der Waals surface area contributed by atoms with Gasteiger partial charge in [0.2, 0.25) is 0 Å². The average Bonchev–Trinajstić information content (AvgIpc) is 2.09. The first-order chi connectivity index (χ1) is 6.65. The summed E-state index contributed by atoms with van der Waals surface area (Å²) in [6, 6.07) is 2.96. The van der Waals surface area contributed by atoms with Crippen LogP contribution in [0.1, 0.15) is 6.42 Å². The summed E-state index contributed by atoms with van der Waals surface area (Å²) in [5, 5.41) is 11.7. The van der Waals surface area contributed by atoms with E-state index in [1.165, 1.54) is 6.07 Å². The Labute approximate surface area is 95.2 Å². The molecule has 1 aromatic carbocycles. The number of rotatable bonds is 4. The molecule has 1 aromatic rings. The van der Waals surface area contributed by atoms with E-state index in [1.807, 2.05) is 0 Å². The molecule has 0 bridgehead atoms. The van der Waals surface area contributed by atoms with E-state index in [2.05, 4.69) is 21.2 Å². The fourth-order valence-corrected chi connectivity index (χ4v) is 1.84. The fraction of sp³-hybridized carbons (Fsp3) is 0.333. The van der Waals surface area contributed by atoms with Crippen LogP contribution in [0.3, 0.4) is 0 Å². The Morgan fingerprint density at radius 1 is 1.50 bits per heavy atom. The van der Waals surface area contributed by atoms with Gasteiger partial charge < -0.3 is 10.4 Å². The molecule has 0 aliphatic heterocycles. The Hall–Kier alpha value is -0.320. The predicted molar refractivity (Wildman–Crippen MR) is 59.3 cm³/mol. The van der Waals surface area contributed by atoms with Gasteiger partial charge in [0.15, 0.2) is 0 Å². The number of nitrogens with one attached hydrogen (secondary N) is 1. The summed E-state index contributed by atoms with van der Waals surface area (Å²) in [6.07, 6.45) is 0.561. The van der Waals surface area contributed by atoms with Gasteiger partial charge in [0.1, 0.15) is 5.82 Å². The summed E-state index contributed by atoms with van der Waals surface area (Å²) in [5.74, 6) is -0.401. The SMILES string of the molecule is OCCCNc1c(F)cc(Br)cc1Cl. The lowest BCUT2D eigenvalue weighted by atomic mass is 10.3. The molecule has 2 nitrogen and oxygen atoms in total. The van der Waals surface area contributed by atoms with Crippen LogP contribution in [0.5, 0.6) is 0 Å². The van der Waals surface area contributed by atoms with Gasteiger partial charge in [0.05, 0.1) is 10.7 Å². The maximum atomic E-state index is 13.3. The molecule has 0 spiro atoms. The summed E-state index contributed by atoms with van der Waals surface area (Å²) in [4.78, 5) is 0. The van der Waals surface area contributed by atoms with Crippen molar-refractivity contribution < 1.29 is 9.50 Å². The second kappa shape index (κ2) is 5.53. The van der Waals surface area contributed by atoms with E-state index < -0.39 is 5.82 Å². The first kappa shape index (κ1) is 11.8. The molecule has 0 atom stereocenters. The molecule has 0 saturated carbocycles. The van der Waals surface area contributed by atoms with Crippen molar-refractivity contribution in [3.63, 3.8) is 0 Å². The molecule has 0 unspecified atom stereocenters. The van der Waals surface area contributed by atoms with E-state index in [0.717, 1.165) is 0 Å². The van der Waals surface area contributed by atoms with Crippen molar-refractivity contribution in [1.82, 2.24) is 0 Å². The average molecular weight is 283 g/mol. The normalized spacial score (nSPS) is 10.3. The van der Waals surface area contributed by atoms with Gasteiger partial charge in [-0.3, -0.25) is 0 Å². The van der Waals surface area contributed by atoms with E-state index in [-0.39, 0.29) is 12.3 Å². The molecule has 0 radical (unpaired) electrons. The van der Waals surface area contributed by atoms with Crippen molar-refractivity contribution >= 4 is 33.2 Å². The largest absolute Gasteiger partial charge is 0.396 e. The first-order valence-corrected chi connectivity index (χ1v) is 5.31. The van der Waals surface area contributed by atoms with Crippen LogP contribution in [0, 0.1) is 5.82 Å². The van der Waals surface area contributed by atoms with Gasteiger partial charge in [-0.1, -0.05) is 27.5 Å². The van der Waals surface area contributed by atoms with Crippen LogP contribution < -0.4 is 5.32 Å². The summed E-state index contributed by atoms with van der Waals surface area (Å²) in [5.41, 5.74) is 0.281. The minimum Gasteiger partial charge on any atom is -0.396 e. The van der Waals surface area contributed by atoms with E-state index in [1.54, 1.807) is 6.07 Å². The minimum absolute atomic E-state index is 0.0722. The minimum atomic E-state index is -0.401. The molecule has 0 aliphatic rings. The topological polar surface area (TPSA) is 32.3 Å².